The summed E-state index contributed by atoms with van der Waals surface area (Å²) < 4.78 is 0. The third-order valence-electron chi connectivity index (χ3n) is 2.81. The number of fused-ring (bicyclic) bond motifs is 1. The molecule has 3 N–H and O–H groups in total. The van der Waals surface area contributed by atoms with E-state index in [2.05, 4.69) is 23.0 Å². The Bertz CT molecular complexity index is 435. The van der Waals surface area contributed by atoms with Crippen LogP contribution in [-0.2, 0) is 0 Å². The number of aromatic hydroxyl groups is 1. The number of para-hydroxylation sites is 2. The fourth-order valence-electron chi connectivity index (χ4n) is 1.98. The predicted octanol–water partition coefficient (Wildman–Crippen LogP) is 1.08. The molecule has 1 aliphatic heterocycles. The summed E-state index contributed by atoms with van der Waals surface area (Å²) in [5.74, 6) is 0.258. The van der Waals surface area contributed by atoms with Crippen molar-refractivity contribution in [2.45, 2.75) is 12.1 Å². The van der Waals surface area contributed by atoms with E-state index in [0.717, 1.165) is 5.69 Å². The van der Waals surface area contributed by atoms with Crippen molar-refractivity contribution < 1.29 is 5.11 Å². The van der Waals surface area contributed by atoms with E-state index >= 15 is 0 Å². The van der Waals surface area contributed by atoms with Crippen molar-refractivity contribution in [3.05, 3.63) is 48.6 Å². The van der Waals surface area contributed by atoms with Crippen molar-refractivity contribution in [3.63, 3.8) is 0 Å². The molecule has 1 aromatic carbocycles. The van der Waals surface area contributed by atoms with Crippen molar-refractivity contribution >= 4 is 5.69 Å². The number of phenolic OH excluding ortho intramolecular Hbond substituents is 1. The molecule has 4 nitrogen and oxygen atoms in total. The third-order valence-corrected chi connectivity index (χ3v) is 2.81. The highest BCUT2D eigenvalue weighted by Crippen LogP contribution is 2.27. The van der Waals surface area contributed by atoms with Gasteiger partial charge in [0.25, 0.3) is 0 Å². The van der Waals surface area contributed by atoms with E-state index in [-0.39, 0.29) is 17.8 Å². The normalized spacial score (nSPS) is 27.1. The summed E-state index contributed by atoms with van der Waals surface area (Å²) in [6.07, 6.45) is 8.23. The zero-order valence-corrected chi connectivity index (χ0v) is 8.67. The van der Waals surface area contributed by atoms with Gasteiger partial charge < -0.3 is 5.11 Å². The fourth-order valence-corrected chi connectivity index (χ4v) is 1.98. The average molecular weight is 215 g/mol. The second kappa shape index (κ2) is 3.66. The maximum absolute atomic E-state index is 9.75. The number of rotatable bonds is 1. The van der Waals surface area contributed by atoms with Gasteiger partial charge in [0.2, 0.25) is 0 Å². The minimum absolute atomic E-state index is 0.240. The van der Waals surface area contributed by atoms with Gasteiger partial charge in [-0.05, 0) is 12.1 Å². The Kier molecular flexibility index (Phi) is 2.16. The highest BCUT2D eigenvalue weighted by atomic mass is 16.3. The SMILES string of the molecule is Oc1ccccc1N1NC2C=CC=CC2N1. The van der Waals surface area contributed by atoms with Crippen LogP contribution in [0.1, 0.15) is 0 Å². The van der Waals surface area contributed by atoms with Crippen LogP contribution in [-0.4, -0.2) is 17.2 Å². The number of phenols is 1. The first-order valence-corrected chi connectivity index (χ1v) is 5.30. The van der Waals surface area contributed by atoms with E-state index in [1.165, 1.54) is 0 Å². The van der Waals surface area contributed by atoms with Crippen LogP contribution in [0.5, 0.6) is 5.75 Å². The molecule has 16 heavy (non-hydrogen) atoms. The van der Waals surface area contributed by atoms with Gasteiger partial charge in [0.1, 0.15) is 11.4 Å². The number of benzene rings is 1. The Morgan fingerprint density at radius 2 is 1.62 bits per heavy atom. The number of allylic oxidation sites excluding steroid dienone is 2. The van der Waals surface area contributed by atoms with Crippen LogP contribution in [0.2, 0.25) is 0 Å². The quantitative estimate of drug-likeness (QED) is 0.656. The molecule has 1 fully saturated rings. The topological polar surface area (TPSA) is 47.5 Å². The molecular weight excluding hydrogens is 202 g/mol. The monoisotopic (exact) mass is 215 g/mol. The smallest absolute Gasteiger partial charge is 0.141 e. The molecular formula is C12H13N3O. The number of hydrogen-bond acceptors (Lipinski definition) is 4. The van der Waals surface area contributed by atoms with Gasteiger partial charge in [-0.15, -0.1) is 0 Å². The molecule has 1 aliphatic carbocycles. The molecule has 0 amide bonds. The van der Waals surface area contributed by atoms with Crippen molar-refractivity contribution in [2.75, 3.05) is 5.12 Å². The van der Waals surface area contributed by atoms with Crippen LogP contribution in [0.25, 0.3) is 0 Å². The lowest BCUT2D eigenvalue weighted by atomic mass is 10.1. The Morgan fingerprint density at radius 3 is 2.25 bits per heavy atom. The number of hydrazine groups is 2. The highest BCUT2D eigenvalue weighted by Gasteiger charge is 2.30. The molecule has 0 bridgehead atoms. The van der Waals surface area contributed by atoms with Crippen molar-refractivity contribution in [1.29, 1.82) is 0 Å². The molecule has 2 atom stereocenters. The number of nitrogens with zero attached hydrogens (tertiary/aromatic N) is 1. The first kappa shape index (κ1) is 9.45. The number of anilines is 1. The lowest BCUT2D eigenvalue weighted by molar-refractivity contribution is 0.470. The number of nitrogens with one attached hydrogen (secondary N) is 2. The third kappa shape index (κ3) is 1.48. The summed E-state index contributed by atoms with van der Waals surface area (Å²) in [5, 5.41) is 11.5. The molecule has 0 spiro atoms. The van der Waals surface area contributed by atoms with Crippen molar-refractivity contribution in [1.82, 2.24) is 10.9 Å². The predicted molar refractivity (Wildman–Crippen MR) is 62.7 cm³/mol. The van der Waals surface area contributed by atoms with E-state index in [0.29, 0.717) is 0 Å². The van der Waals surface area contributed by atoms with Crippen LogP contribution in [0.15, 0.2) is 48.6 Å². The highest BCUT2D eigenvalue weighted by molar-refractivity contribution is 5.57. The average Bonchev–Trinajstić information content (AvgIpc) is 2.73. The minimum atomic E-state index is 0.240. The second-order valence-electron chi connectivity index (χ2n) is 3.90. The summed E-state index contributed by atoms with van der Waals surface area (Å²) >= 11 is 0. The van der Waals surface area contributed by atoms with E-state index < -0.39 is 0 Å². The zero-order chi connectivity index (χ0) is 11.0. The van der Waals surface area contributed by atoms with E-state index in [1.54, 1.807) is 11.2 Å². The molecule has 0 radical (unpaired) electrons. The van der Waals surface area contributed by atoms with Crippen LogP contribution in [0, 0.1) is 0 Å². The Hall–Kier alpha value is -1.78. The van der Waals surface area contributed by atoms with Gasteiger partial charge in [-0.1, -0.05) is 36.4 Å². The van der Waals surface area contributed by atoms with Gasteiger partial charge in [0.05, 0.1) is 12.1 Å². The maximum Gasteiger partial charge on any atom is 0.141 e. The standard InChI is InChI=1S/C12H13N3O/c16-12-8-4-3-7-11(12)15-13-9-5-1-2-6-10(9)14-15/h1-10,13-14,16H. The van der Waals surface area contributed by atoms with Gasteiger partial charge in [-0.25, -0.2) is 16.0 Å². The lowest BCUT2D eigenvalue weighted by Gasteiger charge is -2.19. The van der Waals surface area contributed by atoms with E-state index in [1.807, 2.05) is 30.4 Å². The molecule has 1 aromatic rings. The Labute approximate surface area is 93.8 Å². The van der Waals surface area contributed by atoms with Gasteiger partial charge in [-0.3, -0.25) is 0 Å². The van der Waals surface area contributed by atoms with Gasteiger partial charge in [0.15, 0.2) is 0 Å². The van der Waals surface area contributed by atoms with E-state index in [9.17, 15) is 5.11 Å². The van der Waals surface area contributed by atoms with E-state index in [4.69, 9.17) is 0 Å². The molecule has 0 aromatic heterocycles. The molecule has 82 valence electrons. The summed E-state index contributed by atoms with van der Waals surface area (Å²) in [6, 6.07) is 7.72. The van der Waals surface area contributed by atoms with Gasteiger partial charge in [0, 0.05) is 0 Å². The first-order chi connectivity index (χ1) is 7.84. The minimum Gasteiger partial charge on any atom is -0.506 e. The molecule has 4 heteroatoms. The van der Waals surface area contributed by atoms with Crippen LogP contribution in [0.4, 0.5) is 5.69 Å². The van der Waals surface area contributed by atoms with Gasteiger partial charge >= 0.3 is 0 Å². The van der Waals surface area contributed by atoms with Crippen molar-refractivity contribution in [3.8, 4) is 5.75 Å². The second-order valence-corrected chi connectivity index (χ2v) is 3.90. The molecule has 1 saturated heterocycles. The molecule has 2 unspecified atom stereocenters. The fraction of sp³-hybridized carbons (Fsp3) is 0.167. The summed E-state index contributed by atoms with van der Waals surface area (Å²) in [6.45, 7) is 0. The first-order valence-electron chi connectivity index (χ1n) is 5.30. The summed E-state index contributed by atoms with van der Waals surface area (Å²) in [7, 11) is 0. The molecule has 2 aliphatic rings. The van der Waals surface area contributed by atoms with Crippen LogP contribution < -0.4 is 16.0 Å². The summed E-state index contributed by atoms with van der Waals surface area (Å²) in [4.78, 5) is 0. The molecule has 3 rings (SSSR count). The largest absolute Gasteiger partial charge is 0.506 e. The van der Waals surface area contributed by atoms with Crippen molar-refractivity contribution in [2.24, 2.45) is 0 Å². The maximum atomic E-state index is 9.75. The molecule has 1 heterocycles. The Balaban J connectivity index is 1.86. The van der Waals surface area contributed by atoms with Gasteiger partial charge in [-0.2, -0.15) is 0 Å². The zero-order valence-electron chi connectivity index (χ0n) is 8.67. The number of hydrogen-bond donors (Lipinski definition) is 3. The lowest BCUT2D eigenvalue weighted by Crippen LogP contribution is -2.40. The van der Waals surface area contributed by atoms with Crippen LogP contribution in [0.3, 0.4) is 0 Å². The molecule has 0 saturated carbocycles. The summed E-state index contributed by atoms with van der Waals surface area (Å²) in [5.41, 5.74) is 7.28. The Morgan fingerprint density at radius 1 is 1.00 bits per heavy atom. The van der Waals surface area contributed by atoms with Crippen LogP contribution >= 0.6 is 0 Å².